The van der Waals surface area contributed by atoms with Gasteiger partial charge in [0.1, 0.15) is 18.1 Å². The van der Waals surface area contributed by atoms with E-state index in [9.17, 15) is 18.4 Å². The largest absolute Gasteiger partial charge is 0.324 e. The van der Waals surface area contributed by atoms with E-state index in [4.69, 9.17) is 23.2 Å². The van der Waals surface area contributed by atoms with Crippen LogP contribution in [0.4, 0.5) is 20.2 Å². The molecule has 2 aromatic rings. The summed E-state index contributed by atoms with van der Waals surface area (Å²) in [5, 5.41) is 5.23. The molecule has 0 fully saturated rings. The highest BCUT2D eigenvalue weighted by Gasteiger charge is 2.13. The van der Waals surface area contributed by atoms with Crippen molar-refractivity contribution in [2.75, 3.05) is 10.6 Å². The van der Waals surface area contributed by atoms with Crippen LogP contribution in [0.25, 0.3) is 0 Å². The van der Waals surface area contributed by atoms with Crippen LogP contribution in [0.15, 0.2) is 36.4 Å². The van der Waals surface area contributed by atoms with Gasteiger partial charge in [0.25, 0.3) is 0 Å². The van der Waals surface area contributed by atoms with Crippen molar-refractivity contribution in [3.05, 3.63) is 58.1 Å². The van der Waals surface area contributed by atoms with E-state index in [1.165, 1.54) is 18.2 Å². The smallest absolute Gasteiger partial charge is 0.233 e. The molecule has 0 aliphatic heterocycles. The van der Waals surface area contributed by atoms with Crippen LogP contribution in [0.1, 0.15) is 6.42 Å². The molecule has 0 aromatic heterocycles. The van der Waals surface area contributed by atoms with E-state index in [-0.39, 0.29) is 10.7 Å². The Kier molecular flexibility index (Phi) is 5.52. The first-order chi connectivity index (χ1) is 10.8. The molecule has 2 rings (SSSR count). The molecule has 120 valence electrons. The van der Waals surface area contributed by atoms with Gasteiger partial charge in [0, 0.05) is 11.1 Å². The average Bonchev–Trinajstić information content (AvgIpc) is 2.45. The van der Waals surface area contributed by atoms with Gasteiger partial charge in [0.05, 0.1) is 16.4 Å². The molecule has 0 saturated heterocycles. The Labute approximate surface area is 140 Å². The van der Waals surface area contributed by atoms with Crippen molar-refractivity contribution in [3.63, 3.8) is 0 Å². The molecule has 0 heterocycles. The maximum absolute atomic E-state index is 13.4. The number of halogens is 4. The molecule has 0 radical (unpaired) electrons. The maximum Gasteiger partial charge on any atom is 0.233 e. The number of benzene rings is 2. The Morgan fingerprint density at radius 2 is 1.52 bits per heavy atom. The van der Waals surface area contributed by atoms with Crippen molar-refractivity contribution >= 4 is 46.4 Å². The zero-order chi connectivity index (χ0) is 17.0. The van der Waals surface area contributed by atoms with Gasteiger partial charge < -0.3 is 10.6 Å². The Balaban J connectivity index is 1.95. The quantitative estimate of drug-likeness (QED) is 0.803. The number of carbonyl (C=O) groups is 2. The summed E-state index contributed by atoms with van der Waals surface area (Å²) in [6.07, 6.45) is -0.560. The lowest BCUT2D eigenvalue weighted by molar-refractivity contribution is -0.123. The topological polar surface area (TPSA) is 58.2 Å². The van der Waals surface area contributed by atoms with E-state index in [0.717, 1.165) is 12.1 Å². The SMILES string of the molecule is O=C(CC(=O)Nc1ccc(Cl)cc1Cl)Nc1ccc(F)cc1F. The van der Waals surface area contributed by atoms with Gasteiger partial charge in [-0.1, -0.05) is 23.2 Å². The third kappa shape index (κ3) is 4.91. The number of hydrogen-bond acceptors (Lipinski definition) is 2. The van der Waals surface area contributed by atoms with Crippen LogP contribution in [0, 0.1) is 11.6 Å². The Morgan fingerprint density at radius 1 is 0.913 bits per heavy atom. The second-order valence-corrected chi connectivity index (χ2v) is 5.37. The monoisotopic (exact) mass is 358 g/mol. The normalized spacial score (nSPS) is 10.3. The van der Waals surface area contributed by atoms with E-state index in [1.54, 1.807) is 0 Å². The molecule has 0 aliphatic carbocycles. The molecule has 0 saturated carbocycles. The van der Waals surface area contributed by atoms with Gasteiger partial charge in [-0.05, 0) is 30.3 Å². The summed E-state index contributed by atoms with van der Waals surface area (Å²) >= 11 is 11.6. The number of carbonyl (C=O) groups excluding carboxylic acids is 2. The highest BCUT2D eigenvalue weighted by atomic mass is 35.5. The van der Waals surface area contributed by atoms with Crippen LogP contribution in [0.5, 0.6) is 0 Å². The maximum atomic E-state index is 13.4. The van der Waals surface area contributed by atoms with Gasteiger partial charge in [-0.2, -0.15) is 0 Å². The Morgan fingerprint density at radius 3 is 2.13 bits per heavy atom. The molecule has 8 heteroatoms. The Hall–Kier alpha value is -2.18. The molecule has 2 N–H and O–H groups in total. The minimum Gasteiger partial charge on any atom is -0.324 e. The van der Waals surface area contributed by atoms with E-state index in [1.807, 2.05) is 0 Å². The van der Waals surface area contributed by atoms with Crippen molar-refractivity contribution in [3.8, 4) is 0 Å². The molecule has 4 nitrogen and oxygen atoms in total. The Bertz CT molecular complexity index is 706. The molecule has 0 unspecified atom stereocenters. The summed E-state index contributed by atoms with van der Waals surface area (Å²) in [4.78, 5) is 23.5. The summed E-state index contributed by atoms with van der Waals surface area (Å²) < 4.78 is 26.2. The summed E-state index contributed by atoms with van der Waals surface area (Å²) in [6.45, 7) is 0. The van der Waals surface area contributed by atoms with Crippen molar-refractivity contribution in [1.29, 1.82) is 0 Å². The van der Waals surface area contributed by atoms with Gasteiger partial charge in [-0.15, -0.1) is 0 Å². The lowest BCUT2D eigenvalue weighted by Gasteiger charge is -2.09. The summed E-state index contributed by atoms with van der Waals surface area (Å²) in [7, 11) is 0. The van der Waals surface area contributed by atoms with Crippen molar-refractivity contribution in [2.45, 2.75) is 6.42 Å². The average molecular weight is 359 g/mol. The highest BCUT2D eigenvalue weighted by Crippen LogP contribution is 2.25. The minimum atomic E-state index is -0.931. The molecule has 2 amide bonds. The third-order valence-electron chi connectivity index (χ3n) is 2.73. The van der Waals surface area contributed by atoms with Gasteiger partial charge >= 0.3 is 0 Å². The highest BCUT2D eigenvalue weighted by molar-refractivity contribution is 6.36. The summed E-state index contributed by atoms with van der Waals surface area (Å²) in [6, 6.07) is 7.13. The first-order valence-corrected chi connectivity index (χ1v) is 7.10. The minimum absolute atomic E-state index is 0.214. The van der Waals surface area contributed by atoms with E-state index < -0.39 is 29.9 Å². The molecule has 23 heavy (non-hydrogen) atoms. The fraction of sp³-hybridized carbons (Fsp3) is 0.0667. The lowest BCUT2D eigenvalue weighted by Crippen LogP contribution is -2.22. The number of amides is 2. The van der Waals surface area contributed by atoms with E-state index in [2.05, 4.69) is 10.6 Å². The number of rotatable bonds is 4. The molecular formula is C15H10Cl2F2N2O2. The van der Waals surface area contributed by atoms with Crippen LogP contribution >= 0.6 is 23.2 Å². The predicted octanol–water partition coefficient (Wildman–Crippen LogP) is 4.24. The molecule has 2 aromatic carbocycles. The van der Waals surface area contributed by atoms with Crippen LogP contribution in [0.2, 0.25) is 10.0 Å². The first kappa shape index (κ1) is 17.2. The van der Waals surface area contributed by atoms with Crippen molar-refractivity contribution in [2.24, 2.45) is 0 Å². The molecule has 0 atom stereocenters. The van der Waals surface area contributed by atoms with E-state index in [0.29, 0.717) is 16.8 Å². The predicted molar refractivity (Wildman–Crippen MR) is 84.7 cm³/mol. The standard InChI is InChI=1S/C15H10Cl2F2N2O2/c16-8-1-3-12(10(17)5-8)20-14(22)7-15(23)21-13-4-2-9(18)6-11(13)19/h1-6H,7H2,(H,20,22)(H,21,23). The van der Waals surface area contributed by atoms with Gasteiger partial charge in [-0.25, -0.2) is 8.78 Å². The van der Waals surface area contributed by atoms with Crippen molar-refractivity contribution < 1.29 is 18.4 Å². The fourth-order valence-corrected chi connectivity index (χ4v) is 2.17. The second kappa shape index (κ2) is 7.39. The van der Waals surface area contributed by atoms with Gasteiger partial charge in [0.15, 0.2) is 0 Å². The zero-order valence-corrected chi connectivity index (χ0v) is 13.0. The second-order valence-electron chi connectivity index (χ2n) is 4.52. The molecule has 0 bridgehead atoms. The number of anilines is 2. The van der Waals surface area contributed by atoms with Gasteiger partial charge in [-0.3, -0.25) is 9.59 Å². The fourth-order valence-electron chi connectivity index (χ4n) is 1.72. The summed E-state index contributed by atoms with van der Waals surface area (Å²) in [5.41, 5.74) is 0.0792. The number of hydrogen-bond donors (Lipinski definition) is 2. The third-order valence-corrected chi connectivity index (χ3v) is 3.28. The summed E-state index contributed by atoms with van der Waals surface area (Å²) in [5.74, 6) is -3.09. The molecule has 0 aliphatic rings. The van der Waals surface area contributed by atoms with Crippen molar-refractivity contribution in [1.82, 2.24) is 0 Å². The first-order valence-electron chi connectivity index (χ1n) is 6.35. The van der Waals surface area contributed by atoms with Crippen LogP contribution in [-0.2, 0) is 9.59 Å². The molecular weight excluding hydrogens is 349 g/mol. The molecule has 0 spiro atoms. The van der Waals surface area contributed by atoms with Crippen LogP contribution in [0.3, 0.4) is 0 Å². The van der Waals surface area contributed by atoms with Crippen LogP contribution in [-0.4, -0.2) is 11.8 Å². The van der Waals surface area contributed by atoms with Crippen LogP contribution < -0.4 is 10.6 Å². The zero-order valence-electron chi connectivity index (χ0n) is 11.5. The van der Waals surface area contributed by atoms with E-state index >= 15 is 0 Å². The lowest BCUT2D eigenvalue weighted by atomic mass is 10.2. The number of nitrogens with one attached hydrogen (secondary N) is 2. The van der Waals surface area contributed by atoms with Gasteiger partial charge in [0.2, 0.25) is 11.8 Å².